The van der Waals surface area contributed by atoms with E-state index in [4.69, 9.17) is 16.3 Å². The summed E-state index contributed by atoms with van der Waals surface area (Å²) in [6.07, 6.45) is -4.19. The Labute approximate surface area is 153 Å². The van der Waals surface area contributed by atoms with Gasteiger partial charge >= 0.3 is 6.36 Å². The number of fused-ring (bicyclic) bond motifs is 1. The molecule has 0 aromatic heterocycles. The number of amides is 1. The van der Waals surface area contributed by atoms with Crippen molar-refractivity contribution in [2.45, 2.75) is 19.2 Å². The van der Waals surface area contributed by atoms with E-state index in [0.29, 0.717) is 23.7 Å². The van der Waals surface area contributed by atoms with Crippen LogP contribution in [-0.4, -0.2) is 25.9 Å². The molecule has 0 saturated carbocycles. The second-order valence-electron chi connectivity index (χ2n) is 5.78. The minimum atomic E-state index is -4.85. The minimum absolute atomic E-state index is 0.0203. The van der Waals surface area contributed by atoms with Crippen LogP contribution in [0.25, 0.3) is 0 Å². The smallest absolute Gasteiger partial charge is 0.493 e. The molecule has 1 aliphatic rings. The van der Waals surface area contributed by atoms with Crippen LogP contribution in [-0.2, 0) is 17.6 Å². The monoisotopic (exact) mass is 385 g/mol. The van der Waals surface area contributed by atoms with E-state index in [1.807, 2.05) is 0 Å². The van der Waals surface area contributed by atoms with E-state index in [9.17, 15) is 18.0 Å². The van der Waals surface area contributed by atoms with Crippen molar-refractivity contribution in [3.8, 4) is 11.5 Å². The summed E-state index contributed by atoms with van der Waals surface area (Å²) >= 11 is 5.83. The fourth-order valence-corrected chi connectivity index (χ4v) is 3.02. The molecule has 0 aliphatic carbocycles. The molecule has 2 aromatic rings. The predicted molar refractivity (Wildman–Crippen MR) is 90.9 cm³/mol. The lowest BCUT2D eigenvalue weighted by molar-refractivity contribution is -0.275. The Morgan fingerprint density at radius 3 is 2.50 bits per heavy atom. The molecule has 0 unspecified atom stereocenters. The first-order chi connectivity index (χ1) is 12.3. The highest BCUT2D eigenvalue weighted by molar-refractivity contribution is 6.30. The summed E-state index contributed by atoms with van der Waals surface area (Å²) in [5.41, 5.74) is 1.91. The number of methoxy groups -OCH3 is 1. The van der Waals surface area contributed by atoms with E-state index in [-0.39, 0.29) is 18.1 Å². The van der Waals surface area contributed by atoms with E-state index in [1.54, 1.807) is 24.3 Å². The Hall–Kier alpha value is -2.41. The molecule has 1 amide bonds. The Kier molecular flexibility index (Phi) is 5.00. The number of anilines is 1. The summed E-state index contributed by atoms with van der Waals surface area (Å²) in [5, 5.41) is 0.564. The zero-order valence-electron chi connectivity index (χ0n) is 13.8. The van der Waals surface area contributed by atoms with Crippen molar-refractivity contribution in [3.63, 3.8) is 0 Å². The third kappa shape index (κ3) is 4.04. The van der Waals surface area contributed by atoms with Crippen molar-refractivity contribution in [1.29, 1.82) is 0 Å². The third-order valence-corrected chi connectivity index (χ3v) is 4.31. The number of halogens is 4. The Balaban J connectivity index is 1.86. The van der Waals surface area contributed by atoms with Crippen LogP contribution in [0.2, 0.25) is 5.02 Å². The maximum Gasteiger partial charge on any atom is 0.573 e. The van der Waals surface area contributed by atoms with E-state index in [1.165, 1.54) is 24.1 Å². The Bertz CT molecular complexity index is 822. The van der Waals surface area contributed by atoms with Gasteiger partial charge in [-0.05, 0) is 35.7 Å². The van der Waals surface area contributed by atoms with Crippen LogP contribution in [0.3, 0.4) is 0 Å². The SMILES string of the molecule is COc1cc2c(cc1OC(F)(F)F)N(C(=O)Cc1ccc(Cl)cc1)CC2. The van der Waals surface area contributed by atoms with Crippen LogP contribution in [0.5, 0.6) is 11.5 Å². The number of alkyl halides is 3. The van der Waals surface area contributed by atoms with Crippen molar-refractivity contribution in [2.24, 2.45) is 0 Å². The molecule has 0 spiro atoms. The molecule has 3 rings (SSSR count). The molecule has 138 valence electrons. The maximum atomic E-state index is 12.6. The highest BCUT2D eigenvalue weighted by Crippen LogP contribution is 2.41. The topological polar surface area (TPSA) is 38.8 Å². The number of rotatable bonds is 4. The second kappa shape index (κ2) is 7.07. The van der Waals surface area contributed by atoms with Gasteiger partial charge in [-0.2, -0.15) is 0 Å². The predicted octanol–water partition coefficient (Wildman–Crippen LogP) is 4.38. The van der Waals surface area contributed by atoms with Gasteiger partial charge in [0, 0.05) is 17.6 Å². The Morgan fingerprint density at radius 1 is 1.19 bits per heavy atom. The maximum absolute atomic E-state index is 12.6. The van der Waals surface area contributed by atoms with E-state index in [0.717, 1.165) is 11.1 Å². The van der Waals surface area contributed by atoms with Gasteiger partial charge < -0.3 is 14.4 Å². The normalized spacial score (nSPS) is 13.5. The van der Waals surface area contributed by atoms with Crippen LogP contribution < -0.4 is 14.4 Å². The van der Waals surface area contributed by atoms with Crippen molar-refractivity contribution in [1.82, 2.24) is 0 Å². The first-order valence-corrected chi connectivity index (χ1v) is 8.16. The molecule has 1 heterocycles. The zero-order chi connectivity index (χ0) is 18.9. The van der Waals surface area contributed by atoms with Crippen molar-refractivity contribution in [3.05, 3.63) is 52.5 Å². The number of carbonyl (C=O) groups is 1. The first kappa shape index (κ1) is 18.4. The van der Waals surface area contributed by atoms with Crippen molar-refractivity contribution < 1.29 is 27.4 Å². The highest BCUT2D eigenvalue weighted by Gasteiger charge is 2.34. The summed E-state index contributed by atoms with van der Waals surface area (Å²) < 4.78 is 46.9. The number of hydrogen-bond acceptors (Lipinski definition) is 3. The first-order valence-electron chi connectivity index (χ1n) is 7.78. The molecule has 0 radical (unpaired) electrons. The molecule has 4 nitrogen and oxygen atoms in total. The minimum Gasteiger partial charge on any atom is -0.493 e. The van der Waals surface area contributed by atoms with Gasteiger partial charge in [0.25, 0.3) is 0 Å². The fraction of sp³-hybridized carbons (Fsp3) is 0.278. The van der Waals surface area contributed by atoms with Gasteiger partial charge in [0.2, 0.25) is 5.91 Å². The number of carbonyl (C=O) groups excluding carboxylic acids is 1. The number of ether oxygens (including phenoxy) is 2. The summed E-state index contributed by atoms with van der Waals surface area (Å²) in [4.78, 5) is 14.1. The summed E-state index contributed by atoms with van der Waals surface area (Å²) in [6, 6.07) is 9.53. The fourth-order valence-electron chi connectivity index (χ4n) is 2.89. The van der Waals surface area contributed by atoms with E-state index < -0.39 is 12.1 Å². The number of benzene rings is 2. The number of hydrogen-bond donors (Lipinski definition) is 0. The molecular weight excluding hydrogens is 371 g/mol. The molecule has 1 aliphatic heterocycles. The molecule has 0 saturated heterocycles. The molecule has 8 heteroatoms. The summed E-state index contributed by atoms with van der Waals surface area (Å²) in [5.74, 6) is -0.702. The Morgan fingerprint density at radius 2 is 1.88 bits per heavy atom. The van der Waals surface area contributed by atoms with E-state index in [2.05, 4.69) is 4.74 Å². The molecule has 26 heavy (non-hydrogen) atoms. The molecular formula is C18H15ClF3NO3. The van der Waals surface area contributed by atoms with Crippen LogP contribution in [0, 0.1) is 0 Å². The average Bonchev–Trinajstić information content (AvgIpc) is 2.97. The van der Waals surface area contributed by atoms with Gasteiger partial charge in [0.05, 0.1) is 19.2 Å². The average molecular weight is 386 g/mol. The van der Waals surface area contributed by atoms with Gasteiger partial charge in [-0.1, -0.05) is 23.7 Å². The van der Waals surface area contributed by atoms with Gasteiger partial charge in [0.15, 0.2) is 11.5 Å². The lowest BCUT2D eigenvalue weighted by atomic mass is 10.1. The standard InChI is InChI=1S/C18H15ClF3NO3/c1-25-15-9-12-6-7-23(14(12)10-16(15)26-18(20,21)22)17(24)8-11-2-4-13(19)5-3-11/h2-5,9-10H,6-8H2,1H3. The molecule has 0 fully saturated rings. The second-order valence-corrected chi connectivity index (χ2v) is 6.21. The summed E-state index contributed by atoms with van der Waals surface area (Å²) in [7, 11) is 1.27. The van der Waals surface area contributed by atoms with Crippen molar-refractivity contribution >= 4 is 23.2 Å². The molecule has 0 N–H and O–H groups in total. The van der Waals surface area contributed by atoms with Crippen LogP contribution in [0.1, 0.15) is 11.1 Å². The molecule has 2 aromatic carbocycles. The van der Waals surface area contributed by atoms with Gasteiger partial charge in [-0.15, -0.1) is 13.2 Å². The van der Waals surface area contributed by atoms with E-state index >= 15 is 0 Å². The molecule has 0 atom stereocenters. The van der Waals surface area contributed by atoms with Crippen molar-refractivity contribution in [2.75, 3.05) is 18.6 Å². The van der Waals surface area contributed by atoms with Crippen LogP contribution in [0.4, 0.5) is 18.9 Å². The quantitative estimate of drug-likeness (QED) is 0.784. The molecule has 0 bridgehead atoms. The van der Waals surface area contributed by atoms with Crippen LogP contribution >= 0.6 is 11.6 Å². The zero-order valence-corrected chi connectivity index (χ0v) is 14.5. The lowest BCUT2D eigenvalue weighted by Gasteiger charge is -2.20. The van der Waals surface area contributed by atoms with Crippen LogP contribution in [0.15, 0.2) is 36.4 Å². The third-order valence-electron chi connectivity index (χ3n) is 4.06. The summed E-state index contributed by atoms with van der Waals surface area (Å²) in [6.45, 7) is 0.389. The van der Waals surface area contributed by atoms with Gasteiger partial charge in [-0.25, -0.2) is 0 Å². The van der Waals surface area contributed by atoms with Gasteiger partial charge in [0.1, 0.15) is 0 Å². The van der Waals surface area contributed by atoms with Gasteiger partial charge in [-0.3, -0.25) is 4.79 Å². The lowest BCUT2D eigenvalue weighted by Crippen LogP contribution is -2.30. The highest BCUT2D eigenvalue weighted by atomic mass is 35.5. The number of nitrogens with zero attached hydrogens (tertiary/aromatic N) is 1. The largest absolute Gasteiger partial charge is 0.573 e.